The van der Waals surface area contributed by atoms with Gasteiger partial charge in [-0.3, -0.25) is 9.69 Å². The summed E-state index contributed by atoms with van der Waals surface area (Å²) in [7, 11) is 0. The van der Waals surface area contributed by atoms with Gasteiger partial charge < -0.3 is 9.73 Å². The fraction of sp³-hybridized carbons (Fsp3) is 0.320. The van der Waals surface area contributed by atoms with Gasteiger partial charge in [0.1, 0.15) is 11.1 Å². The summed E-state index contributed by atoms with van der Waals surface area (Å²) in [4.78, 5) is 39.3. The minimum absolute atomic E-state index is 0.00173. The number of hydrogen-bond acceptors (Lipinski definition) is 4. The Balaban J connectivity index is 1.66. The molecule has 0 radical (unpaired) electrons. The number of nitrogens with one attached hydrogen (secondary N) is 1. The molecule has 1 saturated heterocycles. The molecule has 0 spiro atoms. The maximum absolute atomic E-state index is 13.3. The molecule has 1 atom stereocenters. The molecule has 4 rings (SSSR count). The van der Waals surface area contributed by atoms with E-state index in [4.69, 9.17) is 4.42 Å². The zero-order valence-electron chi connectivity index (χ0n) is 18.0. The number of fused-ring (bicyclic) bond motifs is 1. The Morgan fingerprint density at radius 1 is 0.968 bits per heavy atom. The summed E-state index contributed by atoms with van der Waals surface area (Å²) in [6, 6.07) is 14.3. The molecule has 2 aromatic carbocycles. The fourth-order valence-corrected chi connectivity index (χ4v) is 4.13. The molecular weight excluding hydrogens is 392 g/mol. The lowest BCUT2D eigenvalue weighted by molar-refractivity contribution is -0.131. The van der Waals surface area contributed by atoms with Crippen LogP contribution in [-0.2, 0) is 29.7 Å². The third-order valence-electron chi connectivity index (χ3n) is 5.98. The molecule has 1 aliphatic rings. The molecule has 3 aromatic rings. The highest BCUT2D eigenvalue weighted by molar-refractivity contribution is 6.07. The van der Waals surface area contributed by atoms with Gasteiger partial charge in [0, 0.05) is 11.5 Å². The minimum atomic E-state index is -1.15. The summed E-state index contributed by atoms with van der Waals surface area (Å²) in [5, 5.41) is 3.55. The maximum Gasteiger partial charge on any atom is 0.336 e. The molecule has 0 bridgehead atoms. The second-order valence-corrected chi connectivity index (χ2v) is 8.17. The summed E-state index contributed by atoms with van der Waals surface area (Å²) in [5.74, 6) is -0.340. The van der Waals surface area contributed by atoms with Gasteiger partial charge in [0.25, 0.3) is 5.91 Å². The topological polar surface area (TPSA) is 79.6 Å². The van der Waals surface area contributed by atoms with E-state index in [1.165, 1.54) is 16.5 Å². The number of rotatable bonds is 6. The van der Waals surface area contributed by atoms with Crippen LogP contribution in [0.2, 0.25) is 0 Å². The Labute approximate surface area is 180 Å². The zero-order chi connectivity index (χ0) is 22.2. The number of urea groups is 1. The number of imide groups is 1. The number of amides is 3. The summed E-state index contributed by atoms with van der Waals surface area (Å²) < 4.78 is 5.34. The molecule has 1 aliphatic heterocycles. The minimum Gasteiger partial charge on any atom is -0.423 e. The number of hydrogen-bond donors (Lipinski definition) is 1. The number of benzene rings is 2. The van der Waals surface area contributed by atoms with Crippen molar-refractivity contribution in [3.05, 3.63) is 81.2 Å². The van der Waals surface area contributed by atoms with Crippen molar-refractivity contribution in [3.63, 3.8) is 0 Å². The van der Waals surface area contributed by atoms with Crippen molar-refractivity contribution in [2.24, 2.45) is 0 Å². The molecule has 1 N–H and O–H groups in total. The molecule has 3 amide bonds. The summed E-state index contributed by atoms with van der Waals surface area (Å²) in [6.45, 7) is 5.85. The number of carbonyl (C=O) groups excluding carboxylic acids is 2. The van der Waals surface area contributed by atoms with E-state index < -0.39 is 17.2 Å². The first-order valence-electron chi connectivity index (χ1n) is 10.6. The summed E-state index contributed by atoms with van der Waals surface area (Å²) in [6.07, 6.45) is 2.82. The smallest absolute Gasteiger partial charge is 0.336 e. The normalized spacial score (nSPS) is 18.6. The predicted molar refractivity (Wildman–Crippen MR) is 119 cm³/mol. The van der Waals surface area contributed by atoms with E-state index in [1.807, 2.05) is 49.4 Å². The molecule has 6 nitrogen and oxygen atoms in total. The lowest BCUT2D eigenvalue weighted by Gasteiger charge is -2.22. The van der Waals surface area contributed by atoms with Crippen LogP contribution < -0.4 is 10.9 Å². The molecule has 2 heterocycles. The van der Waals surface area contributed by atoms with Crippen LogP contribution in [0.25, 0.3) is 11.0 Å². The molecule has 31 heavy (non-hydrogen) atoms. The second-order valence-electron chi connectivity index (χ2n) is 8.17. The van der Waals surface area contributed by atoms with Crippen LogP contribution in [0.5, 0.6) is 0 Å². The van der Waals surface area contributed by atoms with E-state index in [0.29, 0.717) is 11.1 Å². The van der Waals surface area contributed by atoms with Crippen LogP contribution in [0.3, 0.4) is 0 Å². The average Bonchev–Trinajstić information content (AvgIpc) is 2.97. The highest BCUT2D eigenvalue weighted by Gasteiger charge is 2.49. The second kappa shape index (κ2) is 8.02. The van der Waals surface area contributed by atoms with Gasteiger partial charge in [-0.25, -0.2) is 9.59 Å². The maximum atomic E-state index is 13.3. The standard InChI is InChI=1S/C25H26N2O4/c1-4-6-17-7-10-19(11-8-17)25(3)23(29)27(24(30)26-25)15-18-14-22(28)31-21-13-16(5-2)9-12-20(18)21/h7-14H,4-6,15H2,1-3H3,(H,26,30)/t25-/m0/s1. The van der Waals surface area contributed by atoms with Gasteiger partial charge in [-0.2, -0.15) is 0 Å². The van der Waals surface area contributed by atoms with Gasteiger partial charge in [-0.15, -0.1) is 0 Å². The quantitative estimate of drug-likeness (QED) is 0.479. The van der Waals surface area contributed by atoms with E-state index in [0.717, 1.165) is 35.8 Å². The van der Waals surface area contributed by atoms with Crippen molar-refractivity contribution in [2.75, 3.05) is 0 Å². The van der Waals surface area contributed by atoms with Crippen molar-refractivity contribution in [3.8, 4) is 0 Å². The Morgan fingerprint density at radius 2 is 1.68 bits per heavy atom. The van der Waals surface area contributed by atoms with Gasteiger partial charge in [0.05, 0.1) is 6.54 Å². The van der Waals surface area contributed by atoms with Crippen LogP contribution >= 0.6 is 0 Å². The molecule has 6 heteroatoms. The van der Waals surface area contributed by atoms with E-state index in [-0.39, 0.29) is 12.5 Å². The SMILES string of the molecule is CCCc1ccc([C@]2(C)NC(=O)N(Cc3cc(=O)oc4cc(CC)ccc34)C2=O)cc1. The molecule has 160 valence electrons. The van der Waals surface area contributed by atoms with Gasteiger partial charge in [-0.1, -0.05) is 56.7 Å². The largest absolute Gasteiger partial charge is 0.423 e. The number of aryl methyl sites for hydroxylation is 2. The van der Waals surface area contributed by atoms with Crippen molar-refractivity contribution in [2.45, 2.75) is 52.1 Å². The van der Waals surface area contributed by atoms with Gasteiger partial charge in [0.15, 0.2) is 0 Å². The first-order chi connectivity index (χ1) is 14.9. The van der Waals surface area contributed by atoms with Gasteiger partial charge in [-0.05, 0) is 48.1 Å². The van der Waals surface area contributed by atoms with E-state index >= 15 is 0 Å². The third-order valence-corrected chi connectivity index (χ3v) is 5.98. The van der Waals surface area contributed by atoms with Crippen LogP contribution in [0, 0.1) is 0 Å². The van der Waals surface area contributed by atoms with Crippen LogP contribution in [0.1, 0.15) is 49.4 Å². The Bertz CT molecular complexity index is 1210. The monoisotopic (exact) mass is 418 g/mol. The lowest BCUT2D eigenvalue weighted by atomic mass is 9.91. The molecular formula is C25H26N2O4. The lowest BCUT2D eigenvalue weighted by Crippen LogP contribution is -2.40. The van der Waals surface area contributed by atoms with Crippen molar-refractivity contribution >= 4 is 22.9 Å². The number of carbonyl (C=O) groups is 2. The van der Waals surface area contributed by atoms with E-state index in [1.54, 1.807) is 6.92 Å². The van der Waals surface area contributed by atoms with Gasteiger partial charge >= 0.3 is 11.7 Å². The van der Waals surface area contributed by atoms with Crippen molar-refractivity contribution < 1.29 is 14.0 Å². The molecule has 0 saturated carbocycles. The first kappa shape index (κ1) is 20.8. The summed E-state index contributed by atoms with van der Waals surface area (Å²) >= 11 is 0. The van der Waals surface area contributed by atoms with E-state index in [2.05, 4.69) is 12.2 Å². The highest BCUT2D eigenvalue weighted by Crippen LogP contribution is 2.31. The Kier molecular flexibility index (Phi) is 5.39. The molecule has 1 fully saturated rings. The van der Waals surface area contributed by atoms with Crippen molar-refractivity contribution in [1.82, 2.24) is 10.2 Å². The zero-order valence-corrected chi connectivity index (χ0v) is 18.0. The molecule has 1 aromatic heterocycles. The molecule has 0 aliphatic carbocycles. The molecule has 0 unspecified atom stereocenters. The predicted octanol–water partition coefficient (Wildman–Crippen LogP) is 4.28. The van der Waals surface area contributed by atoms with Crippen molar-refractivity contribution in [1.29, 1.82) is 0 Å². The van der Waals surface area contributed by atoms with Crippen LogP contribution in [0.4, 0.5) is 4.79 Å². The van der Waals surface area contributed by atoms with Crippen LogP contribution in [-0.4, -0.2) is 16.8 Å². The van der Waals surface area contributed by atoms with Gasteiger partial charge in [0.2, 0.25) is 0 Å². The highest BCUT2D eigenvalue weighted by atomic mass is 16.4. The average molecular weight is 418 g/mol. The first-order valence-corrected chi connectivity index (χ1v) is 10.6. The fourth-order valence-electron chi connectivity index (χ4n) is 4.13. The summed E-state index contributed by atoms with van der Waals surface area (Å²) in [5.41, 5.74) is 2.37. The number of nitrogens with zero attached hydrogens (tertiary/aromatic N) is 1. The van der Waals surface area contributed by atoms with E-state index in [9.17, 15) is 14.4 Å². The van der Waals surface area contributed by atoms with Crippen LogP contribution in [0.15, 0.2) is 57.7 Å². The Morgan fingerprint density at radius 3 is 2.35 bits per heavy atom. The third kappa shape index (κ3) is 3.74. The Hall–Kier alpha value is -3.41.